The number of hydrogen-bond donors (Lipinski definition) is 1. The largest absolute Gasteiger partial charge is 0.477 e. The third kappa shape index (κ3) is 3.57. The Labute approximate surface area is 145 Å². The van der Waals surface area contributed by atoms with Crippen LogP contribution in [0.15, 0.2) is 23.6 Å². The molecule has 3 rings (SSSR count). The van der Waals surface area contributed by atoms with Crippen molar-refractivity contribution >= 4 is 23.1 Å². The fraction of sp³-hybridized carbons (Fsp3) is 0.471. The molecule has 0 radical (unpaired) electrons. The molecule has 1 atom stereocenters. The number of anilines is 1. The van der Waals surface area contributed by atoms with Crippen LogP contribution in [0.1, 0.15) is 48.1 Å². The summed E-state index contributed by atoms with van der Waals surface area (Å²) in [6.07, 6.45) is -0.116. The van der Waals surface area contributed by atoms with Gasteiger partial charge in [-0.2, -0.15) is 0 Å². The second-order valence-electron chi connectivity index (χ2n) is 6.81. The number of aromatic nitrogens is 2. The standard InChI is InChI=1S/C17H21N3O3S/c1-17(2,3)13-10-24-15(19-13)12-9-20(7-8-23-12)14-6-4-5-11(18-14)16(21)22/h4-6,10,12H,7-9H2,1-3H3,(H,21,22). The van der Waals surface area contributed by atoms with Crippen molar-refractivity contribution < 1.29 is 14.6 Å². The molecule has 2 aromatic heterocycles. The highest BCUT2D eigenvalue weighted by atomic mass is 32.1. The van der Waals surface area contributed by atoms with E-state index in [1.165, 1.54) is 6.07 Å². The Balaban J connectivity index is 1.78. The molecule has 1 aliphatic heterocycles. The highest BCUT2D eigenvalue weighted by molar-refractivity contribution is 7.09. The Hall–Kier alpha value is -1.99. The zero-order valence-corrected chi connectivity index (χ0v) is 14.8. The number of pyridine rings is 1. The third-order valence-corrected chi connectivity index (χ3v) is 4.85. The topological polar surface area (TPSA) is 75.6 Å². The van der Waals surface area contributed by atoms with Crippen LogP contribution in [0.2, 0.25) is 0 Å². The molecular weight excluding hydrogens is 326 g/mol. The van der Waals surface area contributed by atoms with E-state index in [1.807, 2.05) is 6.07 Å². The molecule has 24 heavy (non-hydrogen) atoms. The summed E-state index contributed by atoms with van der Waals surface area (Å²) in [5.74, 6) is -0.354. The molecule has 128 valence electrons. The van der Waals surface area contributed by atoms with Gasteiger partial charge >= 0.3 is 5.97 Å². The van der Waals surface area contributed by atoms with Crippen LogP contribution in [0, 0.1) is 0 Å². The van der Waals surface area contributed by atoms with E-state index in [2.05, 4.69) is 36.0 Å². The summed E-state index contributed by atoms with van der Waals surface area (Å²) >= 11 is 1.61. The molecule has 0 spiro atoms. The van der Waals surface area contributed by atoms with Crippen molar-refractivity contribution in [1.82, 2.24) is 9.97 Å². The van der Waals surface area contributed by atoms with Crippen molar-refractivity contribution in [1.29, 1.82) is 0 Å². The summed E-state index contributed by atoms with van der Waals surface area (Å²) in [4.78, 5) is 22.1. The molecule has 0 saturated carbocycles. The van der Waals surface area contributed by atoms with Gasteiger partial charge < -0.3 is 14.7 Å². The van der Waals surface area contributed by atoms with E-state index in [0.717, 1.165) is 10.7 Å². The van der Waals surface area contributed by atoms with Crippen LogP contribution in [-0.2, 0) is 10.2 Å². The summed E-state index contributed by atoms with van der Waals surface area (Å²) < 4.78 is 5.88. The Morgan fingerprint density at radius 1 is 1.38 bits per heavy atom. The van der Waals surface area contributed by atoms with Crippen molar-refractivity contribution in [3.63, 3.8) is 0 Å². The van der Waals surface area contributed by atoms with Crippen LogP contribution in [0.4, 0.5) is 5.82 Å². The minimum absolute atomic E-state index is 0.0144. The second-order valence-corrected chi connectivity index (χ2v) is 7.70. The molecule has 2 aromatic rings. The van der Waals surface area contributed by atoms with Crippen LogP contribution in [0.3, 0.4) is 0 Å². The smallest absolute Gasteiger partial charge is 0.354 e. The second kappa shape index (κ2) is 6.49. The fourth-order valence-corrected chi connectivity index (χ4v) is 3.59. The molecule has 1 aliphatic rings. The lowest BCUT2D eigenvalue weighted by atomic mass is 9.93. The SMILES string of the molecule is CC(C)(C)c1csc(C2CN(c3cccc(C(=O)O)n3)CCO2)n1. The fourth-order valence-electron chi connectivity index (χ4n) is 2.51. The highest BCUT2D eigenvalue weighted by Crippen LogP contribution is 2.31. The van der Waals surface area contributed by atoms with Crippen molar-refractivity contribution in [3.8, 4) is 0 Å². The summed E-state index contributed by atoms with van der Waals surface area (Å²) in [6, 6.07) is 5.05. The van der Waals surface area contributed by atoms with Gasteiger partial charge in [0.1, 0.15) is 16.9 Å². The lowest BCUT2D eigenvalue weighted by molar-refractivity contribution is 0.0392. The normalized spacial score (nSPS) is 18.6. The first kappa shape index (κ1) is 16.9. The molecule has 1 N–H and O–H groups in total. The van der Waals surface area contributed by atoms with Crippen molar-refractivity contribution in [2.75, 3.05) is 24.6 Å². The van der Waals surface area contributed by atoms with Crippen LogP contribution in [0.5, 0.6) is 0 Å². The molecule has 1 fully saturated rings. The molecule has 6 nitrogen and oxygen atoms in total. The maximum atomic E-state index is 11.1. The Morgan fingerprint density at radius 3 is 2.83 bits per heavy atom. The average molecular weight is 347 g/mol. The zero-order valence-electron chi connectivity index (χ0n) is 14.0. The Morgan fingerprint density at radius 2 is 2.17 bits per heavy atom. The van der Waals surface area contributed by atoms with Gasteiger partial charge in [-0.3, -0.25) is 0 Å². The minimum atomic E-state index is -1.02. The number of carboxylic acid groups (broad SMARTS) is 1. The van der Waals surface area contributed by atoms with Crippen LogP contribution in [0.25, 0.3) is 0 Å². The molecule has 0 amide bonds. The molecule has 1 unspecified atom stereocenters. The van der Waals surface area contributed by atoms with Gasteiger partial charge in [0.2, 0.25) is 0 Å². The van der Waals surface area contributed by atoms with Gasteiger partial charge in [0.15, 0.2) is 5.69 Å². The predicted octanol–water partition coefficient (Wildman–Crippen LogP) is 3.11. The number of ether oxygens (including phenoxy) is 1. The number of nitrogens with zero attached hydrogens (tertiary/aromatic N) is 3. The van der Waals surface area contributed by atoms with Crippen LogP contribution >= 0.6 is 11.3 Å². The van der Waals surface area contributed by atoms with E-state index in [4.69, 9.17) is 14.8 Å². The summed E-state index contributed by atoms with van der Waals surface area (Å²) in [5, 5.41) is 12.1. The van der Waals surface area contributed by atoms with Crippen molar-refractivity contribution in [3.05, 3.63) is 40.0 Å². The van der Waals surface area contributed by atoms with E-state index in [9.17, 15) is 4.79 Å². The lowest BCUT2D eigenvalue weighted by Crippen LogP contribution is -2.39. The molecule has 0 aliphatic carbocycles. The molecular formula is C17H21N3O3S. The van der Waals surface area contributed by atoms with Gasteiger partial charge in [-0.25, -0.2) is 14.8 Å². The number of hydrogen-bond acceptors (Lipinski definition) is 6. The number of aromatic carboxylic acids is 1. The molecule has 1 saturated heterocycles. The Kier molecular flexibility index (Phi) is 4.56. The Bertz CT molecular complexity index is 739. The van der Waals surface area contributed by atoms with E-state index in [1.54, 1.807) is 17.4 Å². The van der Waals surface area contributed by atoms with Gasteiger partial charge in [-0.1, -0.05) is 26.8 Å². The number of carbonyl (C=O) groups is 1. The summed E-state index contributed by atoms with van der Waals surface area (Å²) in [5.41, 5.74) is 1.13. The van der Waals surface area contributed by atoms with E-state index < -0.39 is 5.97 Å². The molecule has 0 bridgehead atoms. The first-order valence-corrected chi connectivity index (χ1v) is 8.75. The van der Waals surface area contributed by atoms with E-state index >= 15 is 0 Å². The monoisotopic (exact) mass is 347 g/mol. The maximum absolute atomic E-state index is 11.1. The molecule has 0 aromatic carbocycles. The first-order chi connectivity index (χ1) is 11.3. The van der Waals surface area contributed by atoms with Gasteiger partial charge in [-0.05, 0) is 12.1 Å². The maximum Gasteiger partial charge on any atom is 0.354 e. The number of carboxylic acids is 1. The quantitative estimate of drug-likeness (QED) is 0.919. The minimum Gasteiger partial charge on any atom is -0.477 e. The number of thiazole rings is 1. The summed E-state index contributed by atoms with van der Waals surface area (Å²) in [7, 11) is 0. The van der Waals surface area contributed by atoms with Gasteiger partial charge in [-0.15, -0.1) is 11.3 Å². The predicted molar refractivity (Wildman–Crippen MR) is 92.9 cm³/mol. The van der Waals surface area contributed by atoms with E-state index in [0.29, 0.717) is 25.5 Å². The van der Waals surface area contributed by atoms with Gasteiger partial charge in [0.05, 0.1) is 18.8 Å². The van der Waals surface area contributed by atoms with Crippen molar-refractivity contribution in [2.24, 2.45) is 0 Å². The number of rotatable bonds is 3. The van der Waals surface area contributed by atoms with E-state index in [-0.39, 0.29) is 17.2 Å². The summed E-state index contributed by atoms with van der Waals surface area (Å²) in [6.45, 7) is 8.29. The first-order valence-electron chi connectivity index (χ1n) is 7.87. The third-order valence-electron chi connectivity index (χ3n) is 3.91. The number of morpholine rings is 1. The van der Waals surface area contributed by atoms with Crippen LogP contribution in [-0.4, -0.2) is 40.7 Å². The molecule has 7 heteroatoms. The zero-order chi connectivity index (χ0) is 17.3. The van der Waals surface area contributed by atoms with Gasteiger partial charge in [0.25, 0.3) is 0 Å². The van der Waals surface area contributed by atoms with Crippen molar-refractivity contribution in [2.45, 2.75) is 32.3 Å². The molecule has 3 heterocycles. The highest BCUT2D eigenvalue weighted by Gasteiger charge is 2.27. The van der Waals surface area contributed by atoms with Gasteiger partial charge in [0, 0.05) is 17.3 Å². The van der Waals surface area contributed by atoms with Crippen LogP contribution < -0.4 is 4.90 Å². The average Bonchev–Trinajstić information content (AvgIpc) is 3.05. The lowest BCUT2D eigenvalue weighted by Gasteiger charge is -2.33.